The smallest absolute Gasteiger partial charge is 0.329 e. The van der Waals surface area contributed by atoms with Crippen LogP contribution in [-0.2, 0) is 9.53 Å². The van der Waals surface area contributed by atoms with Crippen molar-refractivity contribution in [1.82, 2.24) is 0 Å². The van der Waals surface area contributed by atoms with E-state index < -0.39 is 12.1 Å². The van der Waals surface area contributed by atoms with E-state index in [-0.39, 0.29) is 25.2 Å². The molecule has 3 N–H and O–H groups in total. The average molecular weight is 390 g/mol. The number of rotatable bonds is 10. The number of carbonyl (C=O) groups is 1. The highest BCUT2D eigenvalue weighted by Crippen LogP contribution is 2.51. The summed E-state index contributed by atoms with van der Waals surface area (Å²) in [6.07, 6.45) is 6.35. The molecule has 28 heavy (non-hydrogen) atoms. The summed E-state index contributed by atoms with van der Waals surface area (Å²) in [5.74, 6) is 1.26. The first-order valence-electron chi connectivity index (χ1n) is 10.0. The largest absolute Gasteiger partial charge is 0.491 e. The van der Waals surface area contributed by atoms with Crippen molar-refractivity contribution in [3.05, 3.63) is 42.5 Å². The van der Waals surface area contributed by atoms with E-state index in [0.717, 1.165) is 31.4 Å². The molecule has 1 aromatic carbocycles. The zero-order chi connectivity index (χ0) is 19.9. The Morgan fingerprint density at radius 2 is 2.00 bits per heavy atom. The minimum atomic E-state index is -0.939. The second-order valence-corrected chi connectivity index (χ2v) is 7.95. The molecule has 2 aliphatic carbocycles. The van der Waals surface area contributed by atoms with Crippen LogP contribution in [0.25, 0.3) is 0 Å². The van der Waals surface area contributed by atoms with Gasteiger partial charge in [-0.1, -0.05) is 30.4 Å². The van der Waals surface area contributed by atoms with E-state index in [0.29, 0.717) is 24.4 Å². The molecule has 0 spiro atoms. The standard InChI is InChI=1S/C22H30O6/c23-17(13-28-18-4-2-1-3-5-18)6-7-19-20-11-15(8-9-27-14-22(25)26)10-16(20)12-21(19)24/h1-7,15-17,19-21,23-24H,8-14H2,(H,25,26)/t15?,16-,17?,19+,20+,21+/m0/s1. The molecule has 3 rings (SSSR count). The van der Waals surface area contributed by atoms with Crippen LogP contribution in [-0.4, -0.2) is 53.3 Å². The number of fused-ring (bicyclic) bond motifs is 1. The Morgan fingerprint density at radius 3 is 2.75 bits per heavy atom. The summed E-state index contributed by atoms with van der Waals surface area (Å²) < 4.78 is 10.7. The van der Waals surface area contributed by atoms with Crippen molar-refractivity contribution in [3.63, 3.8) is 0 Å². The molecule has 1 aromatic rings. The van der Waals surface area contributed by atoms with Gasteiger partial charge < -0.3 is 24.8 Å². The van der Waals surface area contributed by atoms with Crippen LogP contribution in [0.2, 0.25) is 0 Å². The highest BCUT2D eigenvalue weighted by Gasteiger charge is 2.46. The first kappa shape index (κ1) is 20.8. The Balaban J connectivity index is 1.44. The molecule has 0 saturated heterocycles. The molecule has 0 aliphatic heterocycles. The van der Waals surface area contributed by atoms with Crippen LogP contribution in [0.4, 0.5) is 0 Å². The summed E-state index contributed by atoms with van der Waals surface area (Å²) >= 11 is 0. The van der Waals surface area contributed by atoms with Gasteiger partial charge in [0.1, 0.15) is 25.1 Å². The van der Waals surface area contributed by atoms with Gasteiger partial charge in [-0.25, -0.2) is 4.79 Å². The lowest BCUT2D eigenvalue weighted by atomic mass is 9.89. The number of para-hydroxylation sites is 1. The molecule has 154 valence electrons. The lowest BCUT2D eigenvalue weighted by Gasteiger charge is -2.19. The fraction of sp³-hybridized carbons (Fsp3) is 0.591. The first-order valence-corrected chi connectivity index (χ1v) is 10.0. The number of carboxylic acids is 1. The second kappa shape index (κ2) is 10.0. The van der Waals surface area contributed by atoms with Crippen molar-refractivity contribution in [2.45, 2.75) is 37.9 Å². The third-order valence-corrected chi connectivity index (χ3v) is 5.95. The van der Waals surface area contributed by atoms with Crippen molar-refractivity contribution in [1.29, 1.82) is 0 Å². The minimum absolute atomic E-state index is 0.0568. The average Bonchev–Trinajstić information content (AvgIpc) is 3.19. The topological polar surface area (TPSA) is 96.2 Å². The predicted molar refractivity (Wildman–Crippen MR) is 104 cm³/mol. The van der Waals surface area contributed by atoms with Gasteiger partial charge in [0.15, 0.2) is 0 Å². The molecular weight excluding hydrogens is 360 g/mol. The Labute approximate surface area is 165 Å². The van der Waals surface area contributed by atoms with Crippen molar-refractivity contribution < 1.29 is 29.6 Å². The number of ether oxygens (including phenoxy) is 2. The molecule has 0 radical (unpaired) electrons. The van der Waals surface area contributed by atoms with Gasteiger partial charge in [-0.05, 0) is 55.6 Å². The summed E-state index contributed by atoms with van der Waals surface area (Å²) in [7, 11) is 0. The summed E-state index contributed by atoms with van der Waals surface area (Å²) in [5, 5.41) is 29.2. The van der Waals surface area contributed by atoms with Crippen LogP contribution in [0.5, 0.6) is 5.75 Å². The molecule has 2 saturated carbocycles. The Bertz CT molecular complexity index is 646. The van der Waals surface area contributed by atoms with E-state index in [9.17, 15) is 15.0 Å². The molecule has 2 aliphatic rings. The maximum atomic E-state index is 10.5. The zero-order valence-corrected chi connectivity index (χ0v) is 16.0. The lowest BCUT2D eigenvalue weighted by molar-refractivity contribution is -0.142. The highest BCUT2D eigenvalue weighted by atomic mass is 16.5. The summed E-state index contributed by atoms with van der Waals surface area (Å²) in [4.78, 5) is 10.5. The van der Waals surface area contributed by atoms with Gasteiger partial charge in [-0.3, -0.25) is 0 Å². The molecular formula is C22H30O6. The van der Waals surface area contributed by atoms with Gasteiger partial charge in [-0.2, -0.15) is 0 Å². The second-order valence-electron chi connectivity index (χ2n) is 7.95. The molecule has 0 amide bonds. The molecule has 6 heteroatoms. The number of aliphatic hydroxyl groups excluding tert-OH is 2. The SMILES string of the molecule is O=C(O)COCCC1C[C@H]2C[C@@H](O)[C@H](C=CC(O)COc3ccccc3)[C@@H]2C1. The Morgan fingerprint density at radius 1 is 1.21 bits per heavy atom. The van der Waals surface area contributed by atoms with Crippen LogP contribution in [0.15, 0.2) is 42.5 Å². The maximum Gasteiger partial charge on any atom is 0.329 e. The molecule has 2 fully saturated rings. The van der Waals surface area contributed by atoms with Crippen LogP contribution in [0.3, 0.4) is 0 Å². The monoisotopic (exact) mass is 390 g/mol. The van der Waals surface area contributed by atoms with Crippen LogP contribution in [0, 0.1) is 23.7 Å². The zero-order valence-electron chi connectivity index (χ0n) is 16.0. The van der Waals surface area contributed by atoms with Gasteiger partial charge in [0.2, 0.25) is 0 Å². The summed E-state index contributed by atoms with van der Waals surface area (Å²) in [5.41, 5.74) is 0. The van der Waals surface area contributed by atoms with Crippen molar-refractivity contribution >= 4 is 5.97 Å². The summed E-state index contributed by atoms with van der Waals surface area (Å²) in [6.45, 7) is 0.405. The molecule has 0 heterocycles. The highest BCUT2D eigenvalue weighted by molar-refractivity contribution is 5.67. The van der Waals surface area contributed by atoms with Gasteiger partial charge >= 0.3 is 5.97 Å². The van der Waals surface area contributed by atoms with Gasteiger partial charge in [0, 0.05) is 12.5 Å². The number of benzene rings is 1. The van der Waals surface area contributed by atoms with E-state index in [2.05, 4.69) is 0 Å². The van der Waals surface area contributed by atoms with E-state index in [4.69, 9.17) is 14.6 Å². The number of carboxylic acid groups (broad SMARTS) is 1. The number of aliphatic carboxylic acids is 1. The molecule has 0 aromatic heterocycles. The van der Waals surface area contributed by atoms with Crippen LogP contribution in [0.1, 0.15) is 25.7 Å². The maximum absolute atomic E-state index is 10.5. The van der Waals surface area contributed by atoms with Gasteiger partial charge in [0.05, 0.1) is 6.10 Å². The van der Waals surface area contributed by atoms with E-state index >= 15 is 0 Å². The van der Waals surface area contributed by atoms with Crippen molar-refractivity contribution in [2.24, 2.45) is 23.7 Å². The fourth-order valence-electron chi connectivity index (χ4n) is 4.70. The quantitative estimate of drug-likeness (QED) is 0.420. The fourth-order valence-corrected chi connectivity index (χ4v) is 4.70. The van der Waals surface area contributed by atoms with E-state index in [1.807, 2.05) is 36.4 Å². The Hall–Kier alpha value is -1.89. The van der Waals surface area contributed by atoms with Gasteiger partial charge in [0.25, 0.3) is 0 Å². The third kappa shape index (κ3) is 5.80. The van der Waals surface area contributed by atoms with Crippen LogP contribution < -0.4 is 4.74 Å². The minimum Gasteiger partial charge on any atom is -0.491 e. The number of hydrogen-bond donors (Lipinski definition) is 3. The van der Waals surface area contributed by atoms with Crippen molar-refractivity contribution in [2.75, 3.05) is 19.8 Å². The molecule has 6 nitrogen and oxygen atoms in total. The van der Waals surface area contributed by atoms with E-state index in [1.54, 1.807) is 6.08 Å². The molecule has 6 atom stereocenters. The number of hydrogen-bond acceptors (Lipinski definition) is 5. The summed E-state index contributed by atoms with van der Waals surface area (Å²) in [6, 6.07) is 9.38. The van der Waals surface area contributed by atoms with Crippen LogP contribution >= 0.6 is 0 Å². The van der Waals surface area contributed by atoms with Gasteiger partial charge in [-0.15, -0.1) is 0 Å². The third-order valence-electron chi connectivity index (χ3n) is 5.95. The predicted octanol–water partition coefficient (Wildman–Crippen LogP) is 2.50. The first-order chi connectivity index (χ1) is 13.5. The Kier molecular flexibility index (Phi) is 7.48. The molecule has 0 bridgehead atoms. The van der Waals surface area contributed by atoms with Crippen molar-refractivity contribution in [3.8, 4) is 5.75 Å². The number of aliphatic hydroxyl groups is 2. The normalized spacial score (nSPS) is 30.4. The molecule has 2 unspecified atom stereocenters. The lowest BCUT2D eigenvalue weighted by Crippen LogP contribution is -2.20. The van der Waals surface area contributed by atoms with E-state index in [1.165, 1.54) is 0 Å².